The molecule has 7 atom stereocenters. The number of amides is 3. The molecule has 3 amide bonds. The molecule has 3 fully saturated rings. The van der Waals surface area contributed by atoms with E-state index in [0.717, 1.165) is 18.8 Å². The molecule has 264 valence electrons. The number of fused-ring (bicyclic) bond motifs is 1. The highest BCUT2D eigenvalue weighted by molar-refractivity contribution is 6.07. The van der Waals surface area contributed by atoms with Gasteiger partial charge in [0, 0.05) is 43.2 Å². The van der Waals surface area contributed by atoms with Gasteiger partial charge >= 0.3 is 0 Å². The maximum Gasteiger partial charge on any atom is 0.253 e. The van der Waals surface area contributed by atoms with Crippen molar-refractivity contribution in [2.75, 3.05) is 54.1 Å². The van der Waals surface area contributed by atoms with E-state index in [9.17, 15) is 19.5 Å². The second kappa shape index (κ2) is 14.4. The fraction of sp³-hybridized carbons (Fsp3) is 0.513. The number of nitrogens with zero attached hydrogens (tertiary/aromatic N) is 4. The van der Waals surface area contributed by atoms with Crippen LogP contribution < -0.4 is 19.4 Å². The Balaban J connectivity index is 1.58. The summed E-state index contributed by atoms with van der Waals surface area (Å²) in [6, 6.07) is 13.3. The van der Waals surface area contributed by atoms with E-state index in [4.69, 9.17) is 9.47 Å². The Morgan fingerprint density at radius 3 is 2.02 bits per heavy atom. The topological polar surface area (TPSA) is 103 Å². The summed E-state index contributed by atoms with van der Waals surface area (Å²) >= 11 is 0. The van der Waals surface area contributed by atoms with Crippen molar-refractivity contribution in [2.45, 2.75) is 71.2 Å². The Morgan fingerprint density at radius 2 is 1.51 bits per heavy atom. The second-order valence-corrected chi connectivity index (χ2v) is 13.6. The van der Waals surface area contributed by atoms with Gasteiger partial charge in [-0.3, -0.25) is 14.4 Å². The quantitative estimate of drug-likeness (QED) is 0.264. The van der Waals surface area contributed by atoms with E-state index in [1.54, 1.807) is 28.9 Å². The fourth-order valence-corrected chi connectivity index (χ4v) is 8.43. The van der Waals surface area contributed by atoms with Gasteiger partial charge in [-0.05, 0) is 95.5 Å². The van der Waals surface area contributed by atoms with Crippen LogP contribution in [-0.2, 0) is 19.1 Å². The van der Waals surface area contributed by atoms with Gasteiger partial charge in [0.2, 0.25) is 11.8 Å². The Kier molecular flexibility index (Phi) is 10.6. The van der Waals surface area contributed by atoms with E-state index in [-0.39, 0.29) is 43.3 Å². The zero-order valence-corrected chi connectivity index (χ0v) is 29.8. The van der Waals surface area contributed by atoms with Crippen LogP contribution in [0, 0.1) is 17.8 Å². The van der Waals surface area contributed by atoms with Crippen LogP contribution >= 0.6 is 0 Å². The molecule has 2 bridgehead atoms. The lowest BCUT2D eigenvalue weighted by Crippen LogP contribution is -2.58. The minimum Gasteiger partial charge on any atom is -0.494 e. The molecule has 3 heterocycles. The van der Waals surface area contributed by atoms with Gasteiger partial charge in [0.15, 0.2) is 0 Å². The SMILES string of the molecule is C=CCN(C(=O)C1N([C@H](C)CO)C(=O)[C@@H]2[C@@H](C(=O)N(CC=C)c3ccc(OCC)cc3)[C@]3(C)OC12CC3C)c1ccc(N(CC)CC)cc1. The summed E-state index contributed by atoms with van der Waals surface area (Å²) in [5.74, 6) is -2.19. The van der Waals surface area contributed by atoms with E-state index in [1.165, 1.54) is 4.90 Å². The van der Waals surface area contributed by atoms with Crippen LogP contribution in [0.5, 0.6) is 5.75 Å². The highest BCUT2D eigenvalue weighted by Crippen LogP contribution is 2.66. The van der Waals surface area contributed by atoms with E-state index >= 15 is 0 Å². The third-order valence-electron chi connectivity index (χ3n) is 10.9. The van der Waals surface area contributed by atoms with Crippen LogP contribution in [0.2, 0.25) is 0 Å². The normalized spacial score (nSPS) is 27.4. The van der Waals surface area contributed by atoms with Gasteiger partial charge in [-0.15, -0.1) is 13.2 Å². The Hall–Kier alpha value is -4.15. The highest BCUT2D eigenvalue weighted by atomic mass is 16.5. The fourth-order valence-electron chi connectivity index (χ4n) is 8.43. The number of likely N-dealkylation sites (tertiary alicyclic amines) is 1. The average Bonchev–Trinajstić information content (AvgIpc) is 3.63. The van der Waals surface area contributed by atoms with Crippen molar-refractivity contribution in [3.05, 3.63) is 73.8 Å². The van der Waals surface area contributed by atoms with Crippen molar-refractivity contribution in [3.8, 4) is 5.75 Å². The number of carbonyl (C=O) groups excluding carboxylic acids is 3. The zero-order chi connectivity index (χ0) is 35.7. The van der Waals surface area contributed by atoms with E-state index in [2.05, 4.69) is 31.9 Å². The molecule has 1 N–H and O–H groups in total. The molecule has 10 nitrogen and oxygen atoms in total. The van der Waals surface area contributed by atoms with E-state index in [0.29, 0.717) is 30.2 Å². The Labute approximate surface area is 290 Å². The first kappa shape index (κ1) is 36.1. The molecule has 1 spiro atoms. The molecule has 3 unspecified atom stereocenters. The van der Waals surface area contributed by atoms with Crippen LogP contribution in [0.15, 0.2) is 73.8 Å². The molecule has 5 rings (SSSR count). The van der Waals surface area contributed by atoms with Crippen LogP contribution in [-0.4, -0.2) is 90.4 Å². The molecule has 3 saturated heterocycles. The molecule has 3 aliphatic rings. The monoisotopic (exact) mass is 672 g/mol. The molecule has 0 aliphatic carbocycles. The standard InChI is InChI=1S/C39H52N4O6/c1-9-22-41(30-18-20-31(21-19-30)48-13-5)35(45)32-33-36(46)43(27(7)25-44)34(39(33)24-26(6)38(32,8)49-39)37(47)42(23-10-2)29-16-14-28(15-17-29)40(11-3)12-4/h9-10,14-21,26-27,32-34,44H,1-2,11-13,22-25H2,3-8H3/t26?,27-,32+,33+,34?,38-,39?/m1/s1. The molecular weight excluding hydrogens is 620 g/mol. The van der Waals surface area contributed by atoms with Gasteiger partial charge in [0.05, 0.1) is 36.7 Å². The van der Waals surface area contributed by atoms with Gasteiger partial charge in [-0.1, -0.05) is 19.1 Å². The lowest BCUT2D eigenvalue weighted by molar-refractivity contribution is -0.148. The predicted molar refractivity (Wildman–Crippen MR) is 193 cm³/mol. The first-order chi connectivity index (χ1) is 23.5. The van der Waals surface area contributed by atoms with Crippen LogP contribution in [0.4, 0.5) is 17.1 Å². The smallest absolute Gasteiger partial charge is 0.253 e. The van der Waals surface area contributed by atoms with Crippen molar-refractivity contribution in [1.82, 2.24) is 4.90 Å². The maximum absolute atomic E-state index is 15.0. The van der Waals surface area contributed by atoms with Gasteiger partial charge < -0.3 is 34.2 Å². The summed E-state index contributed by atoms with van der Waals surface area (Å²) < 4.78 is 12.6. The summed E-state index contributed by atoms with van der Waals surface area (Å²) in [5.41, 5.74) is 0.0690. The van der Waals surface area contributed by atoms with Crippen molar-refractivity contribution in [1.29, 1.82) is 0 Å². The molecule has 0 radical (unpaired) electrons. The number of ether oxygens (including phenoxy) is 2. The first-order valence-corrected chi connectivity index (χ1v) is 17.5. The number of benzene rings is 2. The number of aliphatic hydroxyl groups is 1. The Morgan fingerprint density at radius 1 is 0.980 bits per heavy atom. The van der Waals surface area contributed by atoms with Gasteiger partial charge in [0.1, 0.15) is 17.4 Å². The van der Waals surface area contributed by atoms with Crippen molar-refractivity contribution in [2.24, 2.45) is 17.8 Å². The van der Waals surface area contributed by atoms with Crippen molar-refractivity contribution < 1.29 is 29.0 Å². The van der Waals surface area contributed by atoms with Crippen molar-refractivity contribution in [3.63, 3.8) is 0 Å². The molecule has 0 saturated carbocycles. The molecule has 2 aromatic rings. The highest BCUT2D eigenvalue weighted by Gasteiger charge is 2.80. The lowest BCUT2D eigenvalue weighted by Gasteiger charge is -2.39. The number of aliphatic hydroxyl groups excluding tert-OH is 1. The predicted octanol–water partition coefficient (Wildman–Crippen LogP) is 5.06. The summed E-state index contributed by atoms with van der Waals surface area (Å²) in [5, 5.41) is 10.4. The molecule has 49 heavy (non-hydrogen) atoms. The van der Waals surface area contributed by atoms with Gasteiger partial charge in [0.25, 0.3) is 5.91 Å². The summed E-state index contributed by atoms with van der Waals surface area (Å²) in [6.07, 6.45) is 3.74. The van der Waals surface area contributed by atoms with Gasteiger partial charge in [-0.25, -0.2) is 0 Å². The zero-order valence-electron chi connectivity index (χ0n) is 29.8. The minimum atomic E-state index is -1.27. The number of hydrogen-bond donors (Lipinski definition) is 1. The molecule has 0 aromatic heterocycles. The van der Waals surface area contributed by atoms with Crippen LogP contribution in [0.3, 0.4) is 0 Å². The van der Waals surface area contributed by atoms with Crippen molar-refractivity contribution >= 4 is 34.8 Å². The van der Waals surface area contributed by atoms with Gasteiger partial charge in [-0.2, -0.15) is 0 Å². The first-order valence-electron chi connectivity index (χ1n) is 17.5. The second-order valence-electron chi connectivity index (χ2n) is 13.6. The number of carbonyl (C=O) groups is 3. The maximum atomic E-state index is 15.0. The third-order valence-corrected chi connectivity index (χ3v) is 10.9. The third kappa shape index (κ3) is 5.93. The summed E-state index contributed by atoms with van der Waals surface area (Å²) in [7, 11) is 0. The Bertz CT molecular complexity index is 1540. The molecular formula is C39H52N4O6. The number of anilines is 3. The number of hydrogen-bond acceptors (Lipinski definition) is 7. The number of rotatable bonds is 15. The summed E-state index contributed by atoms with van der Waals surface area (Å²) in [4.78, 5) is 51.5. The largest absolute Gasteiger partial charge is 0.494 e. The molecule has 3 aliphatic heterocycles. The average molecular weight is 673 g/mol. The minimum absolute atomic E-state index is 0.141. The summed E-state index contributed by atoms with van der Waals surface area (Å²) in [6.45, 7) is 21.9. The molecule has 10 heteroatoms. The lowest BCUT2D eigenvalue weighted by atomic mass is 9.62. The molecule has 2 aromatic carbocycles. The van der Waals surface area contributed by atoms with Crippen LogP contribution in [0.25, 0.3) is 0 Å². The van der Waals surface area contributed by atoms with Crippen LogP contribution in [0.1, 0.15) is 48.0 Å². The van der Waals surface area contributed by atoms with E-state index < -0.39 is 35.1 Å². The van der Waals surface area contributed by atoms with E-state index in [1.807, 2.05) is 69.3 Å².